The van der Waals surface area contributed by atoms with E-state index in [1.54, 1.807) is 23.3 Å². The van der Waals surface area contributed by atoms with Gasteiger partial charge in [-0.2, -0.15) is 0 Å². The summed E-state index contributed by atoms with van der Waals surface area (Å²) in [7, 11) is 5.05. The summed E-state index contributed by atoms with van der Waals surface area (Å²) in [5.74, 6) is 0. The molecule has 0 unspecified atom stereocenters. The van der Waals surface area contributed by atoms with E-state index < -0.39 is 0 Å². The maximum absolute atomic E-state index is 1.68. The molecule has 0 aliphatic rings. The second kappa shape index (κ2) is 2.67. The van der Waals surface area contributed by atoms with E-state index >= 15 is 0 Å². The van der Waals surface area contributed by atoms with Crippen LogP contribution in [-0.2, 0) is 0 Å². The van der Waals surface area contributed by atoms with E-state index in [4.69, 9.17) is 0 Å². The molecule has 0 radical (unpaired) electrons. The predicted octanol–water partition coefficient (Wildman–Crippen LogP) is -4.20. The van der Waals surface area contributed by atoms with Crippen molar-refractivity contribution < 1.29 is 0 Å². The van der Waals surface area contributed by atoms with Gasteiger partial charge in [0, 0.05) is 0 Å². The van der Waals surface area contributed by atoms with Crippen LogP contribution in [0.4, 0.5) is 0 Å². The van der Waals surface area contributed by atoms with E-state index in [1.807, 2.05) is 0 Å². The first-order valence-electron chi connectivity index (χ1n) is 1.73. The molecule has 0 aromatic heterocycles. The first-order chi connectivity index (χ1) is 1.73. The van der Waals surface area contributed by atoms with Gasteiger partial charge in [0.25, 0.3) is 0 Å². The molecule has 4 heteroatoms. The molecule has 0 nitrogen and oxygen atoms in total. The Hall–Kier alpha value is 1.45. The van der Waals surface area contributed by atoms with Crippen LogP contribution in [0.5, 0.6) is 0 Å². The van der Waals surface area contributed by atoms with E-state index in [0.29, 0.717) is 0 Å². The van der Waals surface area contributed by atoms with Crippen LogP contribution < -0.4 is 0 Å². The van der Waals surface area contributed by atoms with Crippen molar-refractivity contribution in [1.82, 2.24) is 0 Å². The molecule has 0 amide bonds. The zero-order chi connectivity index (χ0) is 3.58. The molecule has 26 valence electrons. The number of hydrogen-bond acceptors (Lipinski definition) is 0. The van der Waals surface area contributed by atoms with Crippen molar-refractivity contribution in [1.29, 1.82) is 0 Å². The van der Waals surface area contributed by atoms with E-state index in [2.05, 4.69) is 0 Å². The molecule has 0 rings (SSSR count). The Morgan fingerprint density at radius 3 is 1.00 bits per heavy atom. The molecular weight excluding hydrogens is 203 g/mol. The molecule has 0 aromatic carbocycles. The van der Waals surface area contributed by atoms with Crippen molar-refractivity contribution in [2.45, 2.75) is 0 Å². The van der Waals surface area contributed by atoms with E-state index in [-0.39, 0.29) is 17.4 Å². The van der Waals surface area contributed by atoms with Gasteiger partial charge in [-0.15, -0.1) is 0 Å². The molecule has 0 aromatic rings. The van der Waals surface area contributed by atoms with Crippen LogP contribution in [0.3, 0.4) is 0 Å². The normalized spacial score (nSPS) is 18.0. The molecule has 0 aliphatic heterocycles. The second-order valence-electron chi connectivity index (χ2n) is 1.73. The van der Waals surface area contributed by atoms with Gasteiger partial charge in [-0.25, -0.2) is 0 Å². The molecule has 0 heterocycles. The predicted molar refractivity (Wildman–Crippen MR) is 37.0 cm³/mol. The summed E-state index contributed by atoms with van der Waals surface area (Å²) in [6, 6.07) is 0. The third-order valence-electron chi connectivity index (χ3n) is 0. The van der Waals surface area contributed by atoms with Crippen molar-refractivity contribution in [2.75, 3.05) is 0 Å². The topological polar surface area (TPSA) is 0 Å². The molecule has 0 bridgehead atoms. The van der Waals surface area contributed by atoms with E-state index in [1.165, 1.54) is 0 Å². The monoisotopic (exact) mass is 214 g/mol. The average Bonchev–Trinajstić information content (AvgIpc) is 0.811. The minimum absolute atomic E-state index is 0.220. The van der Waals surface area contributed by atoms with Crippen molar-refractivity contribution in [3.63, 3.8) is 0 Å². The average molecular weight is 213 g/mol. The van der Waals surface area contributed by atoms with Crippen LogP contribution in [0, 0.1) is 0 Å². The summed E-state index contributed by atoms with van der Waals surface area (Å²) in [4.78, 5) is 0. The zero-order valence-corrected chi connectivity index (χ0v) is 12.9. The third kappa shape index (κ3) is 9.85. The summed E-state index contributed by atoms with van der Waals surface area (Å²) in [5.41, 5.74) is 0. The quantitative estimate of drug-likeness (QED) is 0.358. The Bertz CT molecular complexity index is 8.00. The Morgan fingerprint density at radius 1 is 1.00 bits per heavy atom. The first kappa shape index (κ1) is 5.45. The van der Waals surface area contributed by atoms with Crippen molar-refractivity contribution in [2.24, 2.45) is 0 Å². The third-order valence-corrected chi connectivity index (χ3v) is 0. The first-order valence-corrected chi connectivity index (χ1v) is 34.9. The molecule has 0 atom stereocenters. The van der Waals surface area contributed by atoms with Crippen molar-refractivity contribution >= 4 is 40.6 Å². The summed E-state index contributed by atoms with van der Waals surface area (Å²) in [6.45, 7) is 0. The van der Waals surface area contributed by atoms with Gasteiger partial charge in [0.15, 0.2) is 0 Å². The van der Waals surface area contributed by atoms with Crippen LogP contribution in [0.1, 0.15) is 0 Å². The summed E-state index contributed by atoms with van der Waals surface area (Å²) < 4.78 is 0. The molecular formula is H10Si3Sn. The van der Waals surface area contributed by atoms with Gasteiger partial charge in [-0.3, -0.25) is 0 Å². The van der Waals surface area contributed by atoms with Crippen LogP contribution in [0.15, 0.2) is 0 Å². The van der Waals surface area contributed by atoms with Gasteiger partial charge in [-0.05, 0) is 0 Å². The van der Waals surface area contributed by atoms with E-state index in [9.17, 15) is 0 Å². The molecule has 0 spiro atoms. The van der Waals surface area contributed by atoms with Crippen LogP contribution in [0.2, 0.25) is 0 Å². The Morgan fingerprint density at radius 2 is 1.00 bits per heavy atom. The minimum atomic E-state index is -0.220. The summed E-state index contributed by atoms with van der Waals surface area (Å²) in [5, 5.41) is 0. The van der Waals surface area contributed by atoms with Crippen LogP contribution >= 0.6 is 0 Å². The van der Waals surface area contributed by atoms with Gasteiger partial charge in [0.2, 0.25) is 0 Å². The van der Waals surface area contributed by atoms with Gasteiger partial charge in [-0.1, -0.05) is 0 Å². The fourth-order valence-electron chi connectivity index (χ4n) is 0. The summed E-state index contributed by atoms with van der Waals surface area (Å²) in [6.07, 6.45) is 0. The van der Waals surface area contributed by atoms with Gasteiger partial charge >= 0.3 is 40.6 Å². The SMILES string of the molecule is [SiH3][SnH]([SiH3])[SiH3]. The number of rotatable bonds is 0. The van der Waals surface area contributed by atoms with Gasteiger partial charge in [0.1, 0.15) is 0 Å². The van der Waals surface area contributed by atoms with E-state index in [0.717, 1.165) is 0 Å². The zero-order valence-electron chi connectivity index (χ0n) is 3.58. The fraction of sp³-hybridized carbons (Fsp3) is 0. The van der Waals surface area contributed by atoms with Crippen molar-refractivity contribution in [3.05, 3.63) is 0 Å². The standard InChI is InChI=1S/3H3Si.Sn.H/h3*1H3;;. The van der Waals surface area contributed by atoms with Gasteiger partial charge < -0.3 is 0 Å². The molecule has 0 saturated carbocycles. The summed E-state index contributed by atoms with van der Waals surface area (Å²) >= 11 is -0.220. The molecule has 0 fully saturated rings. The maximum atomic E-state index is 1.68. The van der Waals surface area contributed by atoms with Gasteiger partial charge in [0.05, 0.1) is 0 Å². The second-order valence-corrected chi connectivity index (χ2v) is 105. The Balaban J connectivity index is 2.32. The Kier molecular flexibility index (Phi) is 3.64. The van der Waals surface area contributed by atoms with Crippen LogP contribution in [0.25, 0.3) is 0 Å². The molecule has 0 aliphatic carbocycles. The van der Waals surface area contributed by atoms with Crippen LogP contribution in [-0.4, -0.2) is 40.6 Å². The number of hydrogen-bond donors (Lipinski definition) is 0. The fourth-order valence-corrected chi connectivity index (χ4v) is 0. The Labute approximate surface area is 40.6 Å². The molecule has 0 N–H and O–H groups in total. The molecule has 4 heavy (non-hydrogen) atoms. The molecule has 0 saturated heterocycles. The van der Waals surface area contributed by atoms with Crippen molar-refractivity contribution in [3.8, 4) is 0 Å².